The Morgan fingerprint density at radius 3 is 2.94 bits per heavy atom. The Morgan fingerprint density at radius 1 is 1.50 bits per heavy atom. The molecule has 2 atom stereocenters. The standard InChI is InChI=1S/C13H15ClFNO2/c14-9-2-1-8(5-9)7-16-13(18)11-6-10(15)3-4-12(11)17/h3-4,6,8-9,17H,1-2,5,7H2,(H,16,18). The van der Waals surface area contributed by atoms with E-state index in [2.05, 4.69) is 5.32 Å². The average Bonchev–Trinajstić information content (AvgIpc) is 2.75. The number of nitrogens with one attached hydrogen (secondary N) is 1. The topological polar surface area (TPSA) is 49.3 Å². The lowest BCUT2D eigenvalue weighted by Gasteiger charge is -2.11. The van der Waals surface area contributed by atoms with E-state index in [1.54, 1.807) is 0 Å². The van der Waals surface area contributed by atoms with Crippen molar-refractivity contribution < 1.29 is 14.3 Å². The van der Waals surface area contributed by atoms with E-state index < -0.39 is 11.7 Å². The van der Waals surface area contributed by atoms with Crippen LogP contribution in [0.5, 0.6) is 5.75 Å². The summed E-state index contributed by atoms with van der Waals surface area (Å²) in [5.41, 5.74) is -0.0320. The Balaban J connectivity index is 1.93. The molecule has 3 nitrogen and oxygen atoms in total. The first kappa shape index (κ1) is 13.1. The van der Waals surface area contributed by atoms with Gasteiger partial charge in [0.2, 0.25) is 0 Å². The molecule has 1 aliphatic rings. The Kier molecular flexibility index (Phi) is 4.07. The van der Waals surface area contributed by atoms with Crippen molar-refractivity contribution in [1.82, 2.24) is 5.32 Å². The number of hydrogen-bond acceptors (Lipinski definition) is 2. The van der Waals surface area contributed by atoms with Crippen LogP contribution in [0.1, 0.15) is 29.6 Å². The van der Waals surface area contributed by atoms with Crippen molar-refractivity contribution in [3.8, 4) is 5.75 Å². The smallest absolute Gasteiger partial charge is 0.255 e. The van der Waals surface area contributed by atoms with Crippen molar-refractivity contribution in [3.63, 3.8) is 0 Å². The minimum atomic E-state index is -0.542. The molecule has 0 spiro atoms. The van der Waals surface area contributed by atoms with Gasteiger partial charge < -0.3 is 10.4 Å². The van der Waals surface area contributed by atoms with E-state index in [0.29, 0.717) is 12.5 Å². The van der Waals surface area contributed by atoms with E-state index in [1.165, 1.54) is 6.07 Å². The van der Waals surface area contributed by atoms with Crippen LogP contribution in [0, 0.1) is 11.7 Å². The zero-order valence-corrected chi connectivity index (χ0v) is 10.6. The van der Waals surface area contributed by atoms with Gasteiger partial charge in [-0.05, 0) is 43.4 Å². The SMILES string of the molecule is O=C(NCC1CCC(Cl)C1)c1cc(F)ccc1O. The maximum absolute atomic E-state index is 13.0. The second kappa shape index (κ2) is 5.57. The number of phenolic OH excluding ortho intramolecular Hbond substituents is 1. The molecule has 98 valence electrons. The van der Waals surface area contributed by atoms with Gasteiger partial charge in [-0.25, -0.2) is 4.39 Å². The second-order valence-corrected chi connectivity index (χ2v) is 5.27. The molecule has 0 radical (unpaired) electrons. The van der Waals surface area contributed by atoms with Crippen molar-refractivity contribution in [2.24, 2.45) is 5.92 Å². The molecule has 2 rings (SSSR count). The zero-order valence-electron chi connectivity index (χ0n) is 9.83. The summed E-state index contributed by atoms with van der Waals surface area (Å²) in [4.78, 5) is 11.8. The molecule has 0 aromatic heterocycles. The molecule has 0 heterocycles. The largest absolute Gasteiger partial charge is 0.507 e. The van der Waals surface area contributed by atoms with Gasteiger partial charge in [-0.1, -0.05) is 0 Å². The predicted molar refractivity (Wildman–Crippen MR) is 67.4 cm³/mol. The van der Waals surface area contributed by atoms with Gasteiger partial charge in [0, 0.05) is 11.9 Å². The van der Waals surface area contributed by atoms with Crippen molar-refractivity contribution in [1.29, 1.82) is 0 Å². The third-order valence-electron chi connectivity index (χ3n) is 3.23. The Labute approximate surface area is 110 Å². The number of alkyl halides is 1. The van der Waals surface area contributed by atoms with E-state index in [-0.39, 0.29) is 16.7 Å². The molecular formula is C13H15ClFNO2. The summed E-state index contributed by atoms with van der Waals surface area (Å²) in [6.45, 7) is 0.512. The van der Waals surface area contributed by atoms with Crippen molar-refractivity contribution in [2.75, 3.05) is 6.54 Å². The monoisotopic (exact) mass is 271 g/mol. The fraction of sp³-hybridized carbons (Fsp3) is 0.462. The minimum absolute atomic E-state index is 0.0320. The van der Waals surface area contributed by atoms with E-state index in [0.717, 1.165) is 31.4 Å². The van der Waals surface area contributed by atoms with Gasteiger partial charge in [-0.2, -0.15) is 0 Å². The Bertz CT molecular complexity index is 453. The number of carbonyl (C=O) groups is 1. The number of phenols is 1. The molecule has 2 N–H and O–H groups in total. The van der Waals surface area contributed by atoms with E-state index in [1.807, 2.05) is 0 Å². The molecule has 18 heavy (non-hydrogen) atoms. The van der Waals surface area contributed by atoms with E-state index in [4.69, 9.17) is 11.6 Å². The summed E-state index contributed by atoms with van der Waals surface area (Å²) in [5, 5.41) is 12.4. The van der Waals surface area contributed by atoms with Crippen LogP contribution in [0.25, 0.3) is 0 Å². The van der Waals surface area contributed by atoms with Crippen molar-refractivity contribution in [2.45, 2.75) is 24.6 Å². The van der Waals surface area contributed by atoms with Gasteiger partial charge in [-0.15, -0.1) is 11.6 Å². The first-order valence-corrected chi connectivity index (χ1v) is 6.40. The summed E-state index contributed by atoms with van der Waals surface area (Å²) >= 11 is 5.98. The molecule has 0 aliphatic heterocycles. The predicted octanol–water partition coefficient (Wildman–Crippen LogP) is 2.67. The normalized spacial score (nSPS) is 23.0. The van der Waals surface area contributed by atoms with E-state index >= 15 is 0 Å². The van der Waals surface area contributed by atoms with Gasteiger partial charge in [0.25, 0.3) is 5.91 Å². The number of rotatable bonds is 3. The third-order valence-corrected chi connectivity index (χ3v) is 3.63. The highest BCUT2D eigenvalue weighted by Gasteiger charge is 2.23. The summed E-state index contributed by atoms with van der Waals surface area (Å²) < 4.78 is 13.0. The van der Waals surface area contributed by atoms with Crippen molar-refractivity contribution >= 4 is 17.5 Å². The summed E-state index contributed by atoms with van der Waals surface area (Å²) in [6.07, 6.45) is 2.84. The summed E-state index contributed by atoms with van der Waals surface area (Å²) in [6, 6.07) is 3.32. The van der Waals surface area contributed by atoms with Crippen molar-refractivity contribution in [3.05, 3.63) is 29.6 Å². The molecule has 1 saturated carbocycles. The number of carbonyl (C=O) groups excluding carboxylic acids is 1. The van der Waals surface area contributed by atoms with Crippen LogP contribution in [0.2, 0.25) is 0 Å². The third kappa shape index (κ3) is 3.13. The Hall–Kier alpha value is -1.29. The van der Waals surface area contributed by atoms with Gasteiger partial charge >= 0.3 is 0 Å². The maximum atomic E-state index is 13.0. The van der Waals surface area contributed by atoms with Gasteiger partial charge in [-0.3, -0.25) is 4.79 Å². The highest BCUT2D eigenvalue weighted by molar-refractivity contribution is 6.20. The molecule has 0 saturated heterocycles. The minimum Gasteiger partial charge on any atom is -0.507 e. The zero-order chi connectivity index (χ0) is 13.1. The average molecular weight is 272 g/mol. The highest BCUT2D eigenvalue weighted by atomic mass is 35.5. The van der Waals surface area contributed by atoms with Gasteiger partial charge in [0.15, 0.2) is 0 Å². The lowest BCUT2D eigenvalue weighted by atomic mass is 10.1. The fourth-order valence-corrected chi connectivity index (χ4v) is 2.60. The molecule has 1 aliphatic carbocycles. The molecule has 5 heteroatoms. The second-order valence-electron chi connectivity index (χ2n) is 4.65. The highest BCUT2D eigenvalue weighted by Crippen LogP contribution is 2.29. The molecule has 1 aromatic rings. The first-order chi connectivity index (χ1) is 8.56. The van der Waals surface area contributed by atoms with Crippen LogP contribution in [-0.2, 0) is 0 Å². The quantitative estimate of drug-likeness (QED) is 0.831. The van der Waals surface area contributed by atoms with Crippen LogP contribution in [0.3, 0.4) is 0 Å². The molecule has 2 unspecified atom stereocenters. The van der Waals surface area contributed by atoms with E-state index in [9.17, 15) is 14.3 Å². The number of halogens is 2. The molecule has 1 aromatic carbocycles. The van der Waals surface area contributed by atoms with Crippen LogP contribution < -0.4 is 5.32 Å². The lowest BCUT2D eigenvalue weighted by Crippen LogP contribution is -2.28. The Morgan fingerprint density at radius 2 is 2.28 bits per heavy atom. The molecule has 0 bridgehead atoms. The number of amides is 1. The lowest BCUT2D eigenvalue weighted by molar-refractivity contribution is 0.0944. The van der Waals surface area contributed by atoms with Gasteiger partial charge in [0.05, 0.1) is 5.56 Å². The molecule has 1 fully saturated rings. The van der Waals surface area contributed by atoms with Crippen LogP contribution >= 0.6 is 11.6 Å². The number of aromatic hydroxyl groups is 1. The van der Waals surface area contributed by atoms with Gasteiger partial charge in [0.1, 0.15) is 11.6 Å². The summed E-state index contributed by atoms with van der Waals surface area (Å²) in [5.74, 6) is -0.840. The van der Waals surface area contributed by atoms with Crippen LogP contribution in [0.4, 0.5) is 4.39 Å². The number of hydrogen-bond donors (Lipinski definition) is 2. The molecule has 1 amide bonds. The fourth-order valence-electron chi connectivity index (χ4n) is 2.22. The van der Waals surface area contributed by atoms with Crippen LogP contribution in [-0.4, -0.2) is 22.9 Å². The summed E-state index contributed by atoms with van der Waals surface area (Å²) in [7, 11) is 0. The number of benzene rings is 1. The molecular weight excluding hydrogens is 257 g/mol. The maximum Gasteiger partial charge on any atom is 0.255 e. The first-order valence-electron chi connectivity index (χ1n) is 5.97. The van der Waals surface area contributed by atoms with Crippen LogP contribution in [0.15, 0.2) is 18.2 Å².